The van der Waals surface area contributed by atoms with Crippen LogP contribution in [0.15, 0.2) is 95.0 Å². The molecule has 2 saturated heterocycles. The minimum Gasteiger partial charge on any atom is -0.465 e. The zero-order valence-electron chi connectivity index (χ0n) is 28.3. The Balaban J connectivity index is 1.03. The highest BCUT2D eigenvalue weighted by Crippen LogP contribution is 2.35. The summed E-state index contributed by atoms with van der Waals surface area (Å²) in [5.74, 6) is -2.80. The number of fused-ring (bicyclic) bond motifs is 2. The van der Waals surface area contributed by atoms with E-state index in [-0.39, 0.29) is 53.8 Å². The van der Waals surface area contributed by atoms with Crippen molar-refractivity contribution >= 4 is 114 Å². The maximum absolute atomic E-state index is 13.5. The summed E-state index contributed by atoms with van der Waals surface area (Å²) in [5.41, 5.74) is 3.89. The second kappa shape index (κ2) is 15.0. The molecule has 0 saturated carbocycles. The average molecular weight is 795 g/mol. The number of thioether (sulfide) groups is 2. The van der Waals surface area contributed by atoms with Gasteiger partial charge in [-0.15, -0.1) is 0 Å². The number of ketones is 2. The number of aromatic nitrogens is 2. The van der Waals surface area contributed by atoms with E-state index in [1.165, 1.54) is 48.6 Å². The Kier molecular flexibility index (Phi) is 10.2. The zero-order valence-corrected chi connectivity index (χ0v) is 31.6. The number of nitrogens with zero attached hydrogens (tertiary/aromatic N) is 2. The van der Waals surface area contributed by atoms with E-state index in [1.807, 2.05) is 18.2 Å². The minimum absolute atomic E-state index is 0.120. The number of carbonyl (C=O) groups excluding carboxylic acids is 6. The molecule has 2 aliphatic rings. The molecule has 7 rings (SSSR count). The van der Waals surface area contributed by atoms with Crippen molar-refractivity contribution in [3.05, 3.63) is 128 Å². The van der Waals surface area contributed by atoms with Gasteiger partial charge in [0.05, 0.1) is 48.2 Å². The number of amides is 2. The van der Waals surface area contributed by atoms with Gasteiger partial charge < -0.3 is 19.4 Å². The highest BCUT2D eigenvalue weighted by Gasteiger charge is 2.35. The normalized spacial score (nSPS) is 16.0. The smallest absolute Gasteiger partial charge is 0.337 e. The SMILES string of the molecule is COC(=O)c1ccc2[nH]cc(C(=O)/C=C3\SC(=S)N(Cc4cccc(CN5C(=O)/C(=C/C(=O)c6c[nH]c7ccc(C(=O)OC)cc67)SC5=S)c4)C3=O)c2c1. The summed E-state index contributed by atoms with van der Waals surface area (Å²) in [5, 5.41) is 1.03. The van der Waals surface area contributed by atoms with E-state index in [2.05, 4.69) is 9.97 Å². The van der Waals surface area contributed by atoms with Gasteiger partial charge in [-0.2, -0.15) is 0 Å². The molecule has 5 aromatic rings. The number of H-pyrrole nitrogens is 2. The third-order valence-electron chi connectivity index (χ3n) is 8.68. The first-order valence-corrected chi connectivity index (χ1v) is 18.5. The first kappa shape index (κ1) is 36.7. The molecule has 2 aromatic heterocycles. The van der Waals surface area contributed by atoms with Gasteiger partial charge in [0.25, 0.3) is 11.8 Å². The fraction of sp³-hybridized carbons (Fsp3) is 0.105. The number of benzene rings is 3. The summed E-state index contributed by atoms with van der Waals surface area (Å²) in [7, 11) is 2.55. The van der Waals surface area contributed by atoms with Gasteiger partial charge in [-0.3, -0.25) is 29.0 Å². The summed E-state index contributed by atoms with van der Waals surface area (Å²) >= 11 is 13.1. The summed E-state index contributed by atoms with van der Waals surface area (Å²) in [6, 6.07) is 16.9. The molecule has 2 amide bonds. The van der Waals surface area contributed by atoms with Crippen LogP contribution in [0.2, 0.25) is 0 Å². The number of esters is 2. The lowest BCUT2D eigenvalue weighted by Gasteiger charge is -2.17. The topological polar surface area (TPSA) is 159 Å². The first-order valence-electron chi connectivity index (χ1n) is 16.0. The van der Waals surface area contributed by atoms with Crippen molar-refractivity contribution in [2.75, 3.05) is 14.2 Å². The van der Waals surface area contributed by atoms with E-state index in [4.69, 9.17) is 33.9 Å². The molecule has 2 aliphatic heterocycles. The summed E-state index contributed by atoms with van der Waals surface area (Å²) in [6.07, 6.45) is 5.54. The number of methoxy groups -OCH3 is 2. The lowest BCUT2D eigenvalue weighted by atomic mass is 10.1. The Morgan fingerprint density at radius 3 is 1.50 bits per heavy atom. The van der Waals surface area contributed by atoms with E-state index in [0.29, 0.717) is 21.8 Å². The van der Waals surface area contributed by atoms with Crippen molar-refractivity contribution in [2.45, 2.75) is 13.1 Å². The predicted octanol–water partition coefficient (Wildman–Crippen LogP) is 6.48. The minimum atomic E-state index is -0.538. The first-order chi connectivity index (χ1) is 25.9. The summed E-state index contributed by atoms with van der Waals surface area (Å²) < 4.78 is 10.1. The molecule has 2 N–H and O–H groups in total. The Morgan fingerprint density at radius 2 is 1.09 bits per heavy atom. The van der Waals surface area contributed by atoms with Crippen LogP contribution in [0.5, 0.6) is 0 Å². The second-order valence-electron chi connectivity index (χ2n) is 12.0. The zero-order chi connectivity index (χ0) is 38.3. The fourth-order valence-electron chi connectivity index (χ4n) is 6.00. The third kappa shape index (κ3) is 7.03. The van der Waals surface area contributed by atoms with Gasteiger partial charge in [0.15, 0.2) is 11.6 Å². The van der Waals surface area contributed by atoms with E-state index in [9.17, 15) is 28.8 Å². The number of hydrogen-bond donors (Lipinski definition) is 2. The largest absolute Gasteiger partial charge is 0.465 e. The van der Waals surface area contributed by atoms with E-state index < -0.39 is 35.3 Å². The van der Waals surface area contributed by atoms with Crippen LogP contribution in [-0.2, 0) is 32.2 Å². The van der Waals surface area contributed by atoms with Crippen LogP contribution in [0.1, 0.15) is 52.6 Å². The molecular formula is C38H26N4O8S4. The molecule has 0 radical (unpaired) electrons. The third-order valence-corrected chi connectivity index (χ3v) is 11.4. The van der Waals surface area contributed by atoms with Crippen LogP contribution < -0.4 is 0 Å². The van der Waals surface area contributed by atoms with Crippen LogP contribution in [-0.4, -0.2) is 77.9 Å². The summed E-state index contributed by atoms with van der Waals surface area (Å²) in [4.78, 5) is 86.8. The highest BCUT2D eigenvalue weighted by molar-refractivity contribution is 8.27. The van der Waals surface area contributed by atoms with E-state index in [1.54, 1.807) is 42.5 Å². The molecule has 0 spiro atoms. The van der Waals surface area contributed by atoms with Gasteiger partial charge in [0, 0.05) is 57.5 Å². The Morgan fingerprint density at radius 1 is 0.667 bits per heavy atom. The molecule has 2 fully saturated rings. The molecular weight excluding hydrogens is 769 g/mol. The number of hydrogen-bond acceptors (Lipinski definition) is 12. The Labute approximate surface area is 325 Å². The number of ether oxygens (including phenoxy) is 2. The fourth-order valence-corrected chi connectivity index (χ4v) is 8.45. The number of thiocarbonyl (C=S) groups is 2. The Bertz CT molecular complexity index is 2400. The van der Waals surface area contributed by atoms with Crippen LogP contribution >= 0.6 is 48.0 Å². The number of carbonyl (C=O) groups is 6. The molecule has 4 heterocycles. The van der Waals surface area contributed by atoms with Crippen LogP contribution in [0.3, 0.4) is 0 Å². The van der Waals surface area contributed by atoms with Crippen molar-refractivity contribution in [1.29, 1.82) is 0 Å². The molecule has 0 atom stereocenters. The van der Waals surface area contributed by atoms with Crippen molar-refractivity contribution in [1.82, 2.24) is 19.8 Å². The lowest BCUT2D eigenvalue weighted by Crippen LogP contribution is -2.28. The van der Waals surface area contributed by atoms with Gasteiger partial charge in [-0.1, -0.05) is 72.2 Å². The molecule has 0 bridgehead atoms. The monoisotopic (exact) mass is 794 g/mol. The Hall–Kier alpha value is -5.68. The van der Waals surface area contributed by atoms with Crippen LogP contribution in [0, 0.1) is 0 Å². The number of nitrogens with one attached hydrogen (secondary N) is 2. The van der Waals surface area contributed by atoms with Crippen molar-refractivity contribution < 1.29 is 38.2 Å². The standard InChI is InChI=1S/C38H26N4O8S4/c1-49-35(47)21-6-8-27-23(11-21)25(15-39-27)29(43)13-31-33(45)41(37(51)53-31)17-19-4-3-5-20(10-19)18-42-34(46)32(54-38(42)52)14-30(44)26-16-40-28-9-7-22(12-24(26)28)36(48)50-2/h3-16,39-40H,17-18H2,1-2H3/b31-13-,32-14-. The number of aromatic amines is 2. The second-order valence-corrected chi connectivity index (χ2v) is 15.3. The highest BCUT2D eigenvalue weighted by atomic mass is 32.2. The van der Waals surface area contributed by atoms with Gasteiger partial charge >= 0.3 is 11.9 Å². The van der Waals surface area contributed by atoms with E-state index in [0.717, 1.165) is 34.7 Å². The van der Waals surface area contributed by atoms with Crippen LogP contribution in [0.25, 0.3) is 21.8 Å². The quantitative estimate of drug-likeness (QED) is 0.0688. The molecule has 270 valence electrons. The van der Waals surface area contributed by atoms with Gasteiger partial charge in [-0.05, 0) is 47.5 Å². The molecule has 0 aliphatic carbocycles. The number of rotatable bonds is 10. The van der Waals surface area contributed by atoms with Gasteiger partial charge in [0.1, 0.15) is 8.64 Å². The molecule has 12 nitrogen and oxygen atoms in total. The van der Waals surface area contributed by atoms with E-state index >= 15 is 0 Å². The molecule has 16 heteroatoms. The maximum Gasteiger partial charge on any atom is 0.337 e. The molecule has 0 unspecified atom stereocenters. The van der Waals surface area contributed by atoms with Crippen LogP contribution in [0.4, 0.5) is 0 Å². The van der Waals surface area contributed by atoms with Crippen molar-refractivity contribution in [3.63, 3.8) is 0 Å². The predicted molar refractivity (Wildman–Crippen MR) is 212 cm³/mol. The average Bonchev–Trinajstić information content (AvgIpc) is 3.92. The van der Waals surface area contributed by atoms with Gasteiger partial charge in [0.2, 0.25) is 0 Å². The maximum atomic E-state index is 13.5. The number of allylic oxidation sites excluding steroid dienone is 2. The van der Waals surface area contributed by atoms with Gasteiger partial charge in [-0.25, -0.2) is 9.59 Å². The summed E-state index contributed by atoms with van der Waals surface area (Å²) in [6.45, 7) is 0.240. The lowest BCUT2D eigenvalue weighted by molar-refractivity contribution is -0.123. The van der Waals surface area contributed by atoms with Crippen molar-refractivity contribution in [3.8, 4) is 0 Å². The molecule has 3 aromatic carbocycles. The molecule has 54 heavy (non-hydrogen) atoms. The van der Waals surface area contributed by atoms with Crippen molar-refractivity contribution in [2.24, 2.45) is 0 Å².